The van der Waals surface area contributed by atoms with Crippen molar-refractivity contribution >= 4 is 51.2 Å². The fourth-order valence-corrected chi connectivity index (χ4v) is 3.73. The molecule has 0 N–H and O–H groups in total. The molecule has 0 bridgehead atoms. The van der Waals surface area contributed by atoms with Gasteiger partial charge in [0.05, 0.1) is 12.0 Å². The highest BCUT2D eigenvalue weighted by Gasteiger charge is 2.29. The largest absolute Gasteiger partial charge is 0.497 e. The Morgan fingerprint density at radius 1 is 1.32 bits per heavy atom. The van der Waals surface area contributed by atoms with Gasteiger partial charge in [0.15, 0.2) is 0 Å². The van der Waals surface area contributed by atoms with Crippen LogP contribution in [-0.2, 0) is 11.8 Å². The van der Waals surface area contributed by atoms with Crippen LogP contribution in [0.15, 0.2) is 23.1 Å². The molecule has 0 radical (unpaired) electrons. The van der Waals surface area contributed by atoms with Gasteiger partial charge in [-0.1, -0.05) is 24.0 Å². The van der Waals surface area contributed by atoms with E-state index in [0.717, 1.165) is 27.9 Å². The van der Waals surface area contributed by atoms with E-state index < -0.39 is 0 Å². The SMILES string of the molecule is COc1ccc2c(c1)c(/C=C1\SC(=S)N(C)C1=O)c(C)n2C. The van der Waals surface area contributed by atoms with Crippen LogP contribution in [0.2, 0.25) is 0 Å². The molecule has 2 aromatic rings. The lowest BCUT2D eigenvalue weighted by Crippen LogP contribution is -2.22. The Kier molecular flexibility index (Phi) is 3.74. The van der Waals surface area contributed by atoms with Gasteiger partial charge < -0.3 is 9.30 Å². The highest BCUT2D eigenvalue weighted by atomic mass is 32.2. The van der Waals surface area contributed by atoms with E-state index in [2.05, 4.69) is 4.57 Å². The van der Waals surface area contributed by atoms with Crippen molar-refractivity contribution < 1.29 is 9.53 Å². The Morgan fingerprint density at radius 2 is 2.05 bits per heavy atom. The summed E-state index contributed by atoms with van der Waals surface area (Å²) in [6.07, 6.45) is 1.93. The number of likely N-dealkylation sites (N-methyl/N-ethyl adjacent to an activating group) is 1. The fourth-order valence-electron chi connectivity index (χ4n) is 2.57. The number of hydrogen-bond donors (Lipinski definition) is 0. The van der Waals surface area contributed by atoms with Crippen LogP contribution in [0.1, 0.15) is 11.3 Å². The number of amides is 1. The predicted molar refractivity (Wildman–Crippen MR) is 95.1 cm³/mol. The number of ether oxygens (including phenoxy) is 1. The number of thioether (sulfide) groups is 1. The molecule has 1 aliphatic heterocycles. The Hall–Kier alpha value is -1.79. The molecule has 0 spiro atoms. The van der Waals surface area contributed by atoms with E-state index in [1.165, 1.54) is 16.7 Å². The molecule has 22 heavy (non-hydrogen) atoms. The van der Waals surface area contributed by atoms with Crippen LogP contribution < -0.4 is 4.74 Å². The number of carbonyl (C=O) groups excluding carboxylic acids is 1. The molecule has 1 aromatic carbocycles. The molecule has 114 valence electrons. The smallest absolute Gasteiger partial charge is 0.265 e. The molecule has 0 unspecified atom stereocenters. The topological polar surface area (TPSA) is 34.5 Å². The lowest BCUT2D eigenvalue weighted by molar-refractivity contribution is -0.121. The monoisotopic (exact) mass is 332 g/mol. The number of rotatable bonds is 2. The molecule has 1 aromatic heterocycles. The van der Waals surface area contributed by atoms with E-state index in [1.807, 2.05) is 38.2 Å². The Labute approximate surface area is 138 Å². The summed E-state index contributed by atoms with van der Waals surface area (Å²) in [6.45, 7) is 2.05. The van der Waals surface area contributed by atoms with Crippen molar-refractivity contribution in [1.82, 2.24) is 9.47 Å². The molecule has 3 rings (SSSR count). The second-order valence-corrected chi connectivity index (χ2v) is 6.86. The number of benzene rings is 1. The van der Waals surface area contributed by atoms with Crippen LogP contribution in [0, 0.1) is 6.92 Å². The molecule has 4 nitrogen and oxygen atoms in total. The number of aromatic nitrogens is 1. The highest BCUT2D eigenvalue weighted by molar-refractivity contribution is 8.26. The minimum absolute atomic E-state index is 0.0469. The van der Waals surface area contributed by atoms with Crippen molar-refractivity contribution in [2.45, 2.75) is 6.92 Å². The predicted octanol–water partition coefficient (Wildman–Crippen LogP) is 3.33. The lowest BCUT2D eigenvalue weighted by Gasteiger charge is -2.03. The van der Waals surface area contributed by atoms with Crippen molar-refractivity contribution in [2.75, 3.05) is 14.2 Å². The third kappa shape index (κ3) is 2.23. The van der Waals surface area contributed by atoms with Crippen LogP contribution in [0.4, 0.5) is 0 Å². The first-order valence-electron chi connectivity index (χ1n) is 6.78. The van der Waals surface area contributed by atoms with E-state index in [1.54, 1.807) is 14.2 Å². The number of carbonyl (C=O) groups is 1. The summed E-state index contributed by atoms with van der Waals surface area (Å²) < 4.78 is 8.03. The summed E-state index contributed by atoms with van der Waals surface area (Å²) in [5, 5.41) is 1.07. The Balaban J connectivity index is 2.21. The van der Waals surface area contributed by atoms with Gasteiger partial charge in [0.2, 0.25) is 0 Å². The Bertz CT molecular complexity index is 836. The molecule has 6 heteroatoms. The summed E-state index contributed by atoms with van der Waals surface area (Å²) >= 11 is 6.53. The lowest BCUT2D eigenvalue weighted by atomic mass is 10.1. The minimum atomic E-state index is -0.0469. The first kappa shape index (κ1) is 15.1. The molecular weight excluding hydrogens is 316 g/mol. The van der Waals surface area contributed by atoms with E-state index in [0.29, 0.717) is 9.23 Å². The van der Waals surface area contributed by atoms with Crippen molar-refractivity contribution in [3.05, 3.63) is 34.4 Å². The summed E-state index contributed by atoms with van der Waals surface area (Å²) in [5.74, 6) is 0.755. The van der Waals surface area contributed by atoms with E-state index in [-0.39, 0.29) is 5.91 Å². The van der Waals surface area contributed by atoms with Gasteiger partial charge in [0, 0.05) is 36.3 Å². The highest BCUT2D eigenvalue weighted by Crippen LogP contribution is 2.35. The van der Waals surface area contributed by atoms with E-state index >= 15 is 0 Å². The average molecular weight is 332 g/mol. The molecule has 1 fully saturated rings. The fraction of sp³-hybridized carbons (Fsp3) is 0.250. The van der Waals surface area contributed by atoms with Crippen molar-refractivity contribution in [1.29, 1.82) is 0 Å². The minimum Gasteiger partial charge on any atom is -0.497 e. The third-order valence-electron chi connectivity index (χ3n) is 4.01. The summed E-state index contributed by atoms with van der Waals surface area (Å²) in [5.41, 5.74) is 3.24. The third-order valence-corrected chi connectivity index (χ3v) is 5.49. The standard InChI is InChI=1S/C16H16N2O2S2/c1-9-11(8-14-15(19)18(3)16(21)22-14)12-7-10(20-4)5-6-13(12)17(9)2/h5-8H,1-4H3/b14-8-. The number of thiocarbonyl (C=S) groups is 1. The van der Waals surface area contributed by atoms with Crippen LogP contribution >= 0.6 is 24.0 Å². The maximum atomic E-state index is 12.2. The molecule has 1 saturated heterocycles. The van der Waals surface area contributed by atoms with Crippen LogP contribution in [0.5, 0.6) is 5.75 Å². The van der Waals surface area contributed by atoms with Gasteiger partial charge in [-0.2, -0.15) is 0 Å². The first-order chi connectivity index (χ1) is 10.4. The van der Waals surface area contributed by atoms with Crippen LogP contribution in [0.25, 0.3) is 17.0 Å². The summed E-state index contributed by atoms with van der Waals surface area (Å²) in [4.78, 5) is 14.4. The maximum absolute atomic E-state index is 12.2. The Morgan fingerprint density at radius 3 is 2.64 bits per heavy atom. The second-order valence-electron chi connectivity index (χ2n) is 5.18. The zero-order valence-electron chi connectivity index (χ0n) is 12.8. The molecule has 0 aliphatic carbocycles. The first-order valence-corrected chi connectivity index (χ1v) is 8.01. The summed E-state index contributed by atoms with van der Waals surface area (Å²) in [7, 11) is 5.38. The number of aryl methyl sites for hydroxylation is 1. The quantitative estimate of drug-likeness (QED) is 0.624. The molecule has 2 heterocycles. The normalized spacial score (nSPS) is 17.1. The van der Waals surface area contributed by atoms with E-state index in [4.69, 9.17) is 17.0 Å². The zero-order chi connectivity index (χ0) is 16.0. The molecular formula is C16H16N2O2S2. The van der Waals surface area contributed by atoms with Crippen molar-refractivity contribution in [2.24, 2.45) is 7.05 Å². The van der Waals surface area contributed by atoms with Crippen molar-refractivity contribution in [3.63, 3.8) is 0 Å². The average Bonchev–Trinajstić information content (AvgIpc) is 2.90. The van der Waals surface area contributed by atoms with Crippen LogP contribution in [0.3, 0.4) is 0 Å². The second kappa shape index (κ2) is 5.44. The molecule has 0 saturated carbocycles. The number of methoxy groups -OCH3 is 1. The van der Waals surface area contributed by atoms with Gasteiger partial charge in [0.1, 0.15) is 10.1 Å². The van der Waals surface area contributed by atoms with Gasteiger partial charge in [-0.3, -0.25) is 9.69 Å². The van der Waals surface area contributed by atoms with Gasteiger partial charge in [-0.15, -0.1) is 0 Å². The van der Waals surface area contributed by atoms with Gasteiger partial charge in [0.25, 0.3) is 5.91 Å². The number of hydrogen-bond acceptors (Lipinski definition) is 4. The van der Waals surface area contributed by atoms with Crippen molar-refractivity contribution in [3.8, 4) is 5.75 Å². The zero-order valence-corrected chi connectivity index (χ0v) is 14.5. The van der Waals surface area contributed by atoms with Gasteiger partial charge in [-0.05, 0) is 31.2 Å². The van der Waals surface area contributed by atoms with E-state index in [9.17, 15) is 4.79 Å². The van der Waals surface area contributed by atoms with Gasteiger partial charge >= 0.3 is 0 Å². The molecule has 0 atom stereocenters. The number of nitrogens with zero attached hydrogens (tertiary/aromatic N) is 2. The molecule has 1 amide bonds. The van der Waals surface area contributed by atoms with Crippen LogP contribution in [-0.4, -0.2) is 33.9 Å². The van der Waals surface area contributed by atoms with Gasteiger partial charge in [-0.25, -0.2) is 0 Å². The molecule has 1 aliphatic rings. The number of fused-ring (bicyclic) bond motifs is 1. The maximum Gasteiger partial charge on any atom is 0.265 e. The summed E-state index contributed by atoms with van der Waals surface area (Å²) in [6, 6.07) is 5.97.